The van der Waals surface area contributed by atoms with Crippen LogP contribution in [0.4, 0.5) is 4.39 Å². The number of primary sulfonamides is 1. The van der Waals surface area contributed by atoms with Crippen molar-refractivity contribution < 1.29 is 17.5 Å². The molecule has 3 rings (SSSR count). The quantitative estimate of drug-likeness (QED) is 0.688. The van der Waals surface area contributed by atoms with Crippen LogP contribution in [0.5, 0.6) is 6.01 Å². The molecule has 2 N–H and O–H groups in total. The molecule has 0 radical (unpaired) electrons. The van der Waals surface area contributed by atoms with Crippen LogP contribution in [-0.2, 0) is 10.0 Å². The number of halogens is 1. The summed E-state index contributed by atoms with van der Waals surface area (Å²) in [5, 5.41) is 9.32. The van der Waals surface area contributed by atoms with Gasteiger partial charge in [-0.25, -0.2) is 22.6 Å². The van der Waals surface area contributed by atoms with E-state index in [1.807, 2.05) is 0 Å². The largest absolute Gasteiger partial charge is 0.449 e. The first-order valence-corrected chi connectivity index (χ1v) is 8.85. The molecule has 7 nitrogen and oxygen atoms in total. The van der Waals surface area contributed by atoms with Gasteiger partial charge in [-0.15, -0.1) is 11.5 Å². The lowest BCUT2D eigenvalue weighted by Gasteiger charge is -2.06. The first-order valence-electron chi connectivity index (χ1n) is 7.31. The molecule has 1 aromatic heterocycles. The summed E-state index contributed by atoms with van der Waals surface area (Å²) in [7, 11) is -3.81. The Morgan fingerprint density at radius 2 is 1.81 bits per heavy atom. The molecule has 2 aromatic carbocycles. The lowest BCUT2D eigenvalue weighted by Crippen LogP contribution is -2.12. The van der Waals surface area contributed by atoms with Crippen molar-refractivity contribution in [2.75, 3.05) is 6.61 Å². The van der Waals surface area contributed by atoms with Crippen molar-refractivity contribution >= 4 is 10.0 Å². The third-order valence-corrected chi connectivity index (χ3v) is 4.31. The van der Waals surface area contributed by atoms with Crippen molar-refractivity contribution in [1.82, 2.24) is 14.8 Å². The van der Waals surface area contributed by atoms with E-state index in [2.05, 4.69) is 16.0 Å². The van der Waals surface area contributed by atoms with Crippen molar-refractivity contribution in [1.29, 1.82) is 0 Å². The Balaban J connectivity index is 2.08. The van der Waals surface area contributed by atoms with Gasteiger partial charge < -0.3 is 4.74 Å². The maximum absolute atomic E-state index is 13.2. The molecule has 0 fully saturated rings. The number of ether oxygens (including phenoxy) is 1. The van der Waals surface area contributed by atoms with E-state index in [4.69, 9.17) is 16.3 Å². The van der Waals surface area contributed by atoms with Gasteiger partial charge in [0.05, 0.1) is 10.6 Å². The highest BCUT2D eigenvalue weighted by Gasteiger charge is 2.16. The fourth-order valence-electron chi connectivity index (χ4n) is 2.20. The molecule has 0 saturated carbocycles. The van der Waals surface area contributed by atoms with Gasteiger partial charge in [-0.2, -0.15) is 4.98 Å². The van der Waals surface area contributed by atoms with Crippen LogP contribution in [0.2, 0.25) is 0 Å². The van der Waals surface area contributed by atoms with E-state index >= 15 is 0 Å². The van der Waals surface area contributed by atoms with Gasteiger partial charge in [0, 0.05) is 5.56 Å². The molecule has 0 unspecified atom stereocenters. The predicted molar refractivity (Wildman–Crippen MR) is 92.5 cm³/mol. The monoisotopic (exact) mass is 372 g/mol. The van der Waals surface area contributed by atoms with Crippen LogP contribution < -0.4 is 9.88 Å². The molecule has 0 bridgehead atoms. The zero-order valence-electron chi connectivity index (χ0n) is 13.3. The molecule has 26 heavy (non-hydrogen) atoms. The number of nitrogens with two attached hydrogens (primary N) is 1. The normalized spacial score (nSPS) is 11.1. The number of benzene rings is 2. The summed E-state index contributed by atoms with van der Waals surface area (Å²) in [4.78, 5) is 4.23. The summed E-state index contributed by atoms with van der Waals surface area (Å²) in [5.41, 5.74) is 1.10. The van der Waals surface area contributed by atoms with Crippen LogP contribution in [0.3, 0.4) is 0 Å². The summed E-state index contributed by atoms with van der Waals surface area (Å²) in [6, 6.07) is 11.4. The van der Waals surface area contributed by atoms with Crippen LogP contribution in [0, 0.1) is 18.2 Å². The van der Waals surface area contributed by atoms with E-state index in [0.29, 0.717) is 17.1 Å². The maximum atomic E-state index is 13.2. The predicted octanol–water partition coefficient (Wildman–Crippen LogP) is 1.73. The van der Waals surface area contributed by atoms with Gasteiger partial charge in [-0.3, -0.25) is 0 Å². The van der Waals surface area contributed by atoms with Gasteiger partial charge in [0.2, 0.25) is 10.0 Å². The molecule has 0 amide bonds. The SMILES string of the molecule is C#CCOc1nc(-c2ccc(F)cc2)n(-c2ccc(S(N)(=O)=O)cc2)n1. The van der Waals surface area contributed by atoms with Gasteiger partial charge in [0.1, 0.15) is 5.82 Å². The second kappa shape index (κ2) is 6.95. The molecule has 0 saturated heterocycles. The second-order valence-electron chi connectivity index (χ2n) is 5.17. The highest BCUT2D eigenvalue weighted by Crippen LogP contribution is 2.24. The van der Waals surface area contributed by atoms with E-state index in [9.17, 15) is 12.8 Å². The standard InChI is InChI=1S/C17H13FN4O3S/c1-2-11-25-17-20-16(12-3-5-13(18)6-4-12)22(21-17)14-7-9-15(10-8-14)26(19,23)24/h1,3-10H,11H2,(H2,19,23,24). The van der Waals surface area contributed by atoms with Crippen molar-refractivity contribution in [2.24, 2.45) is 5.14 Å². The molecule has 0 aliphatic heterocycles. The third-order valence-electron chi connectivity index (χ3n) is 3.38. The Labute approximate surface area is 149 Å². The number of terminal acetylenes is 1. The van der Waals surface area contributed by atoms with E-state index < -0.39 is 10.0 Å². The van der Waals surface area contributed by atoms with Crippen molar-refractivity contribution in [2.45, 2.75) is 4.90 Å². The van der Waals surface area contributed by atoms with Gasteiger partial charge in [0.25, 0.3) is 0 Å². The Hall–Kier alpha value is -3.22. The van der Waals surface area contributed by atoms with Crippen molar-refractivity contribution in [3.63, 3.8) is 0 Å². The fourth-order valence-corrected chi connectivity index (χ4v) is 2.72. The minimum atomic E-state index is -3.81. The average Bonchev–Trinajstić information content (AvgIpc) is 3.04. The van der Waals surface area contributed by atoms with E-state index in [1.165, 1.54) is 41.1 Å². The van der Waals surface area contributed by atoms with E-state index in [-0.39, 0.29) is 23.3 Å². The van der Waals surface area contributed by atoms with E-state index in [0.717, 1.165) is 0 Å². The number of hydrogen-bond acceptors (Lipinski definition) is 5. The van der Waals surface area contributed by atoms with E-state index in [1.54, 1.807) is 12.1 Å². The number of nitrogens with zero attached hydrogens (tertiary/aromatic N) is 3. The lowest BCUT2D eigenvalue weighted by atomic mass is 10.2. The summed E-state index contributed by atoms with van der Waals surface area (Å²) in [6.07, 6.45) is 5.17. The van der Waals surface area contributed by atoms with Gasteiger partial charge in [-0.1, -0.05) is 5.92 Å². The summed E-state index contributed by atoms with van der Waals surface area (Å²) >= 11 is 0. The summed E-state index contributed by atoms with van der Waals surface area (Å²) in [5.74, 6) is 2.30. The minimum absolute atomic E-state index is 0.0166. The Morgan fingerprint density at radius 3 is 2.38 bits per heavy atom. The topological polar surface area (TPSA) is 100 Å². The second-order valence-corrected chi connectivity index (χ2v) is 6.73. The van der Waals surface area contributed by atoms with Gasteiger partial charge in [-0.05, 0) is 48.5 Å². The van der Waals surface area contributed by atoms with Crippen molar-refractivity contribution in [3.05, 3.63) is 54.3 Å². The van der Waals surface area contributed by atoms with Crippen molar-refractivity contribution in [3.8, 4) is 35.4 Å². The van der Waals surface area contributed by atoms with Crippen LogP contribution in [0.1, 0.15) is 0 Å². The molecule has 0 atom stereocenters. The molecular formula is C17H13FN4O3S. The van der Waals surface area contributed by atoms with Crippen LogP contribution in [0.15, 0.2) is 53.4 Å². The molecule has 0 aliphatic rings. The van der Waals surface area contributed by atoms with Gasteiger partial charge in [0.15, 0.2) is 12.4 Å². The summed E-state index contributed by atoms with van der Waals surface area (Å²) < 4.78 is 42.7. The molecule has 132 valence electrons. The summed E-state index contributed by atoms with van der Waals surface area (Å²) in [6.45, 7) is -0.0166. The average molecular weight is 372 g/mol. The Kier molecular flexibility index (Phi) is 4.71. The Bertz CT molecular complexity index is 1070. The molecule has 1 heterocycles. The lowest BCUT2D eigenvalue weighted by molar-refractivity contribution is 0.340. The number of sulfonamides is 1. The smallest absolute Gasteiger partial charge is 0.337 e. The highest BCUT2D eigenvalue weighted by atomic mass is 32.2. The maximum Gasteiger partial charge on any atom is 0.337 e. The molecule has 9 heteroatoms. The first-order chi connectivity index (χ1) is 12.4. The third kappa shape index (κ3) is 3.72. The number of rotatable bonds is 5. The molecule has 3 aromatic rings. The van der Waals surface area contributed by atoms with Crippen LogP contribution >= 0.6 is 0 Å². The van der Waals surface area contributed by atoms with Crippen LogP contribution in [0.25, 0.3) is 17.1 Å². The van der Waals surface area contributed by atoms with Crippen LogP contribution in [-0.4, -0.2) is 29.8 Å². The first kappa shape index (κ1) is 17.6. The molecule has 0 spiro atoms. The zero-order chi connectivity index (χ0) is 18.7. The number of hydrogen-bond donors (Lipinski definition) is 1. The highest BCUT2D eigenvalue weighted by molar-refractivity contribution is 7.89. The zero-order valence-corrected chi connectivity index (χ0v) is 14.1. The van der Waals surface area contributed by atoms with Gasteiger partial charge >= 0.3 is 6.01 Å². The fraction of sp³-hybridized carbons (Fsp3) is 0.0588. The molecule has 0 aliphatic carbocycles. The molecular weight excluding hydrogens is 359 g/mol. The Morgan fingerprint density at radius 1 is 1.15 bits per heavy atom. The minimum Gasteiger partial charge on any atom is -0.449 e. The number of aromatic nitrogens is 3.